The zero-order valence-corrected chi connectivity index (χ0v) is 16.9. The third-order valence-corrected chi connectivity index (χ3v) is 5.69. The first-order valence-corrected chi connectivity index (χ1v) is 9.47. The van der Waals surface area contributed by atoms with Gasteiger partial charge in [0.25, 0.3) is 11.8 Å². The molecule has 6 heteroatoms. The zero-order chi connectivity index (χ0) is 20.9. The summed E-state index contributed by atoms with van der Waals surface area (Å²) in [5, 5.41) is 0.769. The van der Waals surface area contributed by atoms with Gasteiger partial charge in [-0.15, -0.1) is 0 Å². The minimum absolute atomic E-state index is 0.0826. The molecule has 1 aliphatic rings. The van der Waals surface area contributed by atoms with Crippen molar-refractivity contribution in [2.24, 2.45) is 7.05 Å². The maximum Gasteiger partial charge on any atom is 0.302 e. The largest absolute Gasteiger partial charge is 0.463 e. The molecular formula is C23H22N2O4. The van der Waals surface area contributed by atoms with Crippen LogP contribution in [0.5, 0.6) is 0 Å². The maximum absolute atomic E-state index is 13.5. The van der Waals surface area contributed by atoms with Gasteiger partial charge in [-0.3, -0.25) is 19.3 Å². The standard InChI is InChI=1S/C23H22N2O4/c1-13-14(2)21-17(10-11-24(21)4)20-19(13)22(27)25(23(20)28)18(12-29-15(3)26)16-8-6-5-7-9-16/h5-11,18H,12H2,1-4H3/t18-/m0/s1. The topological polar surface area (TPSA) is 68.6 Å². The van der Waals surface area contributed by atoms with Gasteiger partial charge in [-0.25, -0.2) is 0 Å². The Morgan fingerprint density at radius 1 is 1.00 bits per heavy atom. The highest BCUT2D eigenvalue weighted by Gasteiger charge is 2.44. The van der Waals surface area contributed by atoms with Crippen molar-refractivity contribution in [3.8, 4) is 0 Å². The summed E-state index contributed by atoms with van der Waals surface area (Å²) in [4.78, 5) is 39.6. The fourth-order valence-corrected chi connectivity index (χ4v) is 4.18. The Morgan fingerprint density at radius 2 is 1.66 bits per heavy atom. The van der Waals surface area contributed by atoms with E-state index in [2.05, 4.69) is 0 Å². The van der Waals surface area contributed by atoms with Crippen LogP contribution in [0.4, 0.5) is 0 Å². The van der Waals surface area contributed by atoms with E-state index in [4.69, 9.17) is 4.74 Å². The van der Waals surface area contributed by atoms with E-state index in [9.17, 15) is 14.4 Å². The van der Waals surface area contributed by atoms with E-state index in [1.807, 2.05) is 68.1 Å². The van der Waals surface area contributed by atoms with E-state index < -0.39 is 12.0 Å². The molecule has 29 heavy (non-hydrogen) atoms. The van der Waals surface area contributed by atoms with E-state index in [1.54, 1.807) is 0 Å². The molecule has 2 amide bonds. The Morgan fingerprint density at radius 3 is 2.31 bits per heavy atom. The molecule has 1 aromatic heterocycles. The van der Waals surface area contributed by atoms with Crippen molar-refractivity contribution < 1.29 is 19.1 Å². The van der Waals surface area contributed by atoms with Gasteiger partial charge >= 0.3 is 5.97 Å². The highest BCUT2D eigenvalue weighted by molar-refractivity contribution is 6.27. The first kappa shape index (κ1) is 18.9. The van der Waals surface area contributed by atoms with Crippen molar-refractivity contribution >= 4 is 28.7 Å². The van der Waals surface area contributed by atoms with Crippen LogP contribution >= 0.6 is 0 Å². The van der Waals surface area contributed by atoms with Gasteiger partial charge in [-0.05, 0) is 36.6 Å². The van der Waals surface area contributed by atoms with Gasteiger partial charge in [0.05, 0.1) is 22.7 Å². The molecule has 0 fully saturated rings. The lowest BCUT2D eigenvalue weighted by atomic mass is 9.95. The fraction of sp³-hybridized carbons (Fsp3) is 0.261. The molecule has 148 valence electrons. The molecule has 0 spiro atoms. The number of fused-ring (bicyclic) bond motifs is 3. The molecule has 0 unspecified atom stereocenters. The molecule has 1 aliphatic heterocycles. The number of hydrogen-bond donors (Lipinski definition) is 0. The van der Waals surface area contributed by atoms with Gasteiger partial charge in [0.15, 0.2) is 0 Å². The molecule has 0 radical (unpaired) electrons. The second-order valence-electron chi connectivity index (χ2n) is 7.40. The summed E-state index contributed by atoms with van der Waals surface area (Å²) in [7, 11) is 1.92. The number of nitrogens with zero attached hydrogens (tertiary/aromatic N) is 2. The quantitative estimate of drug-likeness (QED) is 0.503. The summed E-state index contributed by atoms with van der Waals surface area (Å²) >= 11 is 0. The summed E-state index contributed by atoms with van der Waals surface area (Å²) in [6.07, 6.45) is 1.89. The molecule has 3 aromatic rings. The Balaban J connectivity index is 1.89. The van der Waals surface area contributed by atoms with Crippen LogP contribution in [0.2, 0.25) is 0 Å². The first-order chi connectivity index (χ1) is 13.8. The van der Waals surface area contributed by atoms with Crippen LogP contribution in [0.15, 0.2) is 42.6 Å². The number of rotatable bonds is 4. The van der Waals surface area contributed by atoms with Crippen LogP contribution in [-0.2, 0) is 16.6 Å². The number of aryl methyl sites for hydroxylation is 2. The van der Waals surface area contributed by atoms with E-state index in [1.165, 1.54) is 11.8 Å². The second-order valence-corrected chi connectivity index (χ2v) is 7.40. The Labute approximate surface area is 168 Å². The number of hydrogen-bond acceptors (Lipinski definition) is 4. The maximum atomic E-state index is 13.5. The van der Waals surface area contributed by atoms with Crippen molar-refractivity contribution in [3.63, 3.8) is 0 Å². The lowest BCUT2D eigenvalue weighted by molar-refractivity contribution is -0.142. The average Bonchev–Trinajstić information content (AvgIpc) is 3.19. The van der Waals surface area contributed by atoms with Crippen molar-refractivity contribution in [2.75, 3.05) is 6.61 Å². The molecule has 2 heterocycles. The Hall–Kier alpha value is -3.41. The molecule has 0 bridgehead atoms. The number of amides is 2. The third kappa shape index (κ3) is 2.83. The minimum atomic E-state index is -0.689. The highest BCUT2D eigenvalue weighted by Crippen LogP contribution is 2.39. The number of carbonyl (C=O) groups is 3. The summed E-state index contributed by atoms with van der Waals surface area (Å²) in [6, 6.07) is 10.4. The van der Waals surface area contributed by atoms with Gasteiger partial charge in [-0.1, -0.05) is 30.3 Å². The lowest BCUT2D eigenvalue weighted by Gasteiger charge is -2.26. The molecule has 0 saturated heterocycles. The van der Waals surface area contributed by atoms with Crippen molar-refractivity contribution in [1.29, 1.82) is 0 Å². The SMILES string of the molecule is CC(=O)OC[C@@H](c1ccccc1)N1C(=O)c2c(C)c(C)c3c(ccn3C)c2C1=O. The molecule has 1 atom stereocenters. The molecule has 4 rings (SSSR count). The third-order valence-electron chi connectivity index (χ3n) is 5.69. The van der Waals surface area contributed by atoms with Gasteiger partial charge in [-0.2, -0.15) is 0 Å². The summed E-state index contributed by atoms with van der Waals surface area (Å²) in [5.41, 5.74) is 4.33. The number of carbonyl (C=O) groups excluding carboxylic acids is 3. The van der Waals surface area contributed by atoms with Crippen molar-refractivity contribution in [1.82, 2.24) is 9.47 Å². The van der Waals surface area contributed by atoms with Crippen LogP contribution in [0, 0.1) is 13.8 Å². The molecule has 0 aliphatic carbocycles. The van der Waals surface area contributed by atoms with E-state index >= 15 is 0 Å². The molecule has 0 saturated carbocycles. The van der Waals surface area contributed by atoms with Crippen LogP contribution in [0.3, 0.4) is 0 Å². The lowest BCUT2D eigenvalue weighted by Crippen LogP contribution is -2.37. The summed E-state index contributed by atoms with van der Waals surface area (Å²) in [5.74, 6) is -1.16. The van der Waals surface area contributed by atoms with Gasteiger partial charge in [0, 0.05) is 25.6 Å². The normalized spacial score (nSPS) is 14.4. The predicted molar refractivity (Wildman–Crippen MR) is 109 cm³/mol. The summed E-state index contributed by atoms with van der Waals surface area (Å²) in [6.45, 7) is 5.07. The van der Waals surface area contributed by atoms with Crippen molar-refractivity contribution in [2.45, 2.75) is 26.8 Å². The Bertz CT molecular complexity index is 1160. The van der Waals surface area contributed by atoms with Gasteiger partial charge < -0.3 is 9.30 Å². The molecule has 2 aromatic carbocycles. The Kier molecular flexibility index (Phi) is 4.49. The second kappa shape index (κ2) is 6.88. The van der Waals surface area contributed by atoms with E-state index in [-0.39, 0.29) is 18.4 Å². The van der Waals surface area contributed by atoms with Crippen LogP contribution in [0.1, 0.15) is 50.4 Å². The predicted octanol–water partition coefficient (Wildman–Crippen LogP) is 3.70. The zero-order valence-electron chi connectivity index (χ0n) is 16.9. The van der Waals surface area contributed by atoms with Crippen LogP contribution in [0.25, 0.3) is 10.9 Å². The smallest absolute Gasteiger partial charge is 0.302 e. The van der Waals surface area contributed by atoms with Crippen LogP contribution < -0.4 is 0 Å². The first-order valence-electron chi connectivity index (χ1n) is 9.47. The average molecular weight is 390 g/mol. The number of esters is 1. The number of imide groups is 1. The van der Waals surface area contributed by atoms with Gasteiger partial charge in [0.1, 0.15) is 6.61 Å². The molecule has 6 nitrogen and oxygen atoms in total. The highest BCUT2D eigenvalue weighted by atomic mass is 16.5. The number of aromatic nitrogens is 1. The molecule has 0 N–H and O–H groups in total. The molecular weight excluding hydrogens is 368 g/mol. The van der Waals surface area contributed by atoms with Crippen molar-refractivity contribution in [3.05, 3.63) is 70.4 Å². The minimum Gasteiger partial charge on any atom is -0.463 e. The van der Waals surface area contributed by atoms with Gasteiger partial charge in [0.2, 0.25) is 0 Å². The van der Waals surface area contributed by atoms with E-state index in [0.717, 1.165) is 27.6 Å². The number of benzene rings is 2. The van der Waals surface area contributed by atoms with E-state index in [0.29, 0.717) is 11.1 Å². The summed E-state index contributed by atoms with van der Waals surface area (Å²) < 4.78 is 7.19. The van der Waals surface area contributed by atoms with Crippen LogP contribution in [-0.4, -0.2) is 33.9 Å². The monoisotopic (exact) mass is 390 g/mol. The fourth-order valence-electron chi connectivity index (χ4n) is 4.18. The number of ether oxygens (including phenoxy) is 1.